The van der Waals surface area contributed by atoms with E-state index in [1.54, 1.807) is 14.2 Å². The fourth-order valence-corrected chi connectivity index (χ4v) is 9.97. The standard InChI is InChI=1S/C59H62N5O2/c1-58(2)51-41-47(60-45-19-11-7-12-20-45)31-33-53(51)62(37-39-65-5)55(58)35-29-43-27-28-44(57(43)64(49-23-15-9-16-24-49)50-25-17-10-18-26-50)30-36-56-59(3,4)52-42-48(61-46-21-13-8-14-22-46)32-34-54(52)63(56)38-40-66-6/h7-26,29-36,41-42,60-61H,27-28,37-40H2,1-6H3/q+1. The summed E-state index contributed by atoms with van der Waals surface area (Å²) < 4.78 is 13.9. The highest BCUT2D eigenvalue weighted by Crippen LogP contribution is 2.50. The van der Waals surface area contributed by atoms with Crippen molar-refractivity contribution in [2.24, 2.45) is 0 Å². The van der Waals surface area contributed by atoms with Gasteiger partial charge in [0.2, 0.25) is 5.69 Å². The van der Waals surface area contributed by atoms with E-state index in [4.69, 9.17) is 9.47 Å². The third-order valence-corrected chi connectivity index (χ3v) is 13.4. The summed E-state index contributed by atoms with van der Waals surface area (Å²) in [6.07, 6.45) is 11.4. The number of hydrogen-bond donors (Lipinski definition) is 2. The molecule has 0 unspecified atom stereocenters. The van der Waals surface area contributed by atoms with E-state index in [1.165, 1.54) is 50.8 Å². The minimum atomic E-state index is -0.264. The molecule has 9 rings (SSSR count). The smallest absolute Gasteiger partial charge is 0.210 e. The van der Waals surface area contributed by atoms with Crippen molar-refractivity contribution in [2.75, 3.05) is 61.0 Å². The molecule has 0 fully saturated rings. The lowest BCUT2D eigenvalue weighted by Crippen LogP contribution is -2.29. The molecule has 66 heavy (non-hydrogen) atoms. The number of hydrogen-bond acceptors (Lipinski definition) is 6. The molecule has 3 aliphatic rings. The van der Waals surface area contributed by atoms with Gasteiger partial charge in [0.05, 0.1) is 17.7 Å². The number of nitrogens with zero attached hydrogens (tertiary/aromatic N) is 3. The molecule has 0 saturated carbocycles. The van der Waals surface area contributed by atoms with Gasteiger partial charge in [-0.3, -0.25) is 0 Å². The Morgan fingerprint density at radius 2 is 1.15 bits per heavy atom. The van der Waals surface area contributed by atoms with Crippen LogP contribution in [0.3, 0.4) is 0 Å². The Morgan fingerprint density at radius 1 is 0.591 bits per heavy atom. The predicted molar refractivity (Wildman–Crippen MR) is 276 cm³/mol. The summed E-state index contributed by atoms with van der Waals surface area (Å²) in [6.45, 7) is 12.2. The highest BCUT2D eigenvalue weighted by Gasteiger charge is 2.45. The van der Waals surface area contributed by atoms with Gasteiger partial charge in [-0.05, 0) is 128 Å². The van der Waals surface area contributed by atoms with Crippen molar-refractivity contribution in [1.82, 2.24) is 0 Å². The summed E-state index contributed by atoms with van der Waals surface area (Å²) in [6, 6.07) is 56.0. The first-order valence-electron chi connectivity index (χ1n) is 23.2. The molecule has 2 N–H and O–H groups in total. The van der Waals surface area contributed by atoms with Crippen molar-refractivity contribution in [3.8, 4) is 0 Å². The number of nitrogens with one attached hydrogen (secondary N) is 2. The van der Waals surface area contributed by atoms with E-state index in [9.17, 15) is 0 Å². The summed E-state index contributed by atoms with van der Waals surface area (Å²) in [7, 11) is 3.57. The molecule has 6 aromatic carbocycles. The first-order chi connectivity index (χ1) is 32.2. The van der Waals surface area contributed by atoms with Gasteiger partial charge < -0.3 is 29.9 Å². The topological polar surface area (TPSA) is 52.0 Å². The largest absolute Gasteiger partial charge is 0.383 e. The van der Waals surface area contributed by atoms with Gasteiger partial charge in [-0.1, -0.05) is 98.8 Å². The zero-order chi connectivity index (χ0) is 45.7. The second-order valence-corrected chi connectivity index (χ2v) is 18.3. The van der Waals surface area contributed by atoms with Crippen LogP contribution in [-0.2, 0) is 20.3 Å². The molecule has 0 atom stereocenters. The number of benzene rings is 6. The fraction of sp³-hybridized carbons (Fsp3) is 0.237. The number of anilines is 7. The number of rotatable bonds is 16. The molecule has 7 nitrogen and oxygen atoms in total. The molecule has 1 aliphatic carbocycles. The molecule has 0 spiro atoms. The monoisotopic (exact) mass is 872 g/mol. The van der Waals surface area contributed by atoms with E-state index in [1.807, 2.05) is 12.1 Å². The minimum Gasteiger partial charge on any atom is -0.383 e. The Labute approximate surface area is 391 Å². The van der Waals surface area contributed by atoms with E-state index in [2.05, 4.69) is 223 Å². The van der Waals surface area contributed by atoms with Gasteiger partial charge in [-0.2, -0.15) is 4.58 Å². The van der Waals surface area contributed by atoms with E-state index in [0.29, 0.717) is 13.2 Å². The zero-order valence-corrected chi connectivity index (χ0v) is 39.2. The van der Waals surface area contributed by atoms with E-state index in [0.717, 1.165) is 60.1 Å². The van der Waals surface area contributed by atoms with E-state index < -0.39 is 0 Å². The van der Waals surface area contributed by atoms with Gasteiger partial charge in [0, 0.05) is 89.4 Å². The molecule has 0 radical (unpaired) electrons. The van der Waals surface area contributed by atoms with Crippen LogP contribution >= 0.6 is 0 Å². The number of ether oxygens (including phenoxy) is 2. The van der Waals surface area contributed by atoms with Crippen LogP contribution in [0.15, 0.2) is 205 Å². The van der Waals surface area contributed by atoms with Crippen LogP contribution < -0.4 is 20.4 Å². The van der Waals surface area contributed by atoms with Gasteiger partial charge in [-0.15, -0.1) is 0 Å². The summed E-state index contributed by atoms with van der Waals surface area (Å²) in [5.41, 5.74) is 17.4. The molecule has 6 aromatic rings. The predicted octanol–water partition coefficient (Wildman–Crippen LogP) is 13.9. The van der Waals surface area contributed by atoms with Crippen LogP contribution in [-0.4, -0.2) is 50.8 Å². The summed E-state index contributed by atoms with van der Waals surface area (Å²) in [5, 5.41) is 7.27. The van der Waals surface area contributed by atoms with Gasteiger partial charge in [0.25, 0.3) is 0 Å². The first-order valence-corrected chi connectivity index (χ1v) is 23.2. The van der Waals surface area contributed by atoms with Crippen LogP contribution in [0.4, 0.5) is 45.5 Å². The lowest BCUT2D eigenvalue weighted by molar-refractivity contribution is -0.441. The third-order valence-electron chi connectivity index (χ3n) is 13.4. The number of para-hydroxylation sites is 4. The Bertz CT molecular complexity index is 2780. The number of allylic oxidation sites excluding steroid dienone is 7. The summed E-state index contributed by atoms with van der Waals surface area (Å²) >= 11 is 0. The van der Waals surface area contributed by atoms with Crippen LogP contribution in [0.1, 0.15) is 51.7 Å². The van der Waals surface area contributed by atoms with Crippen LogP contribution in [0, 0.1) is 0 Å². The fourth-order valence-electron chi connectivity index (χ4n) is 9.97. The Morgan fingerprint density at radius 3 is 1.74 bits per heavy atom. The summed E-state index contributed by atoms with van der Waals surface area (Å²) in [5.74, 6) is 0. The average molecular weight is 873 g/mol. The Hall–Kier alpha value is -6.93. The molecular weight excluding hydrogens is 811 g/mol. The Balaban J connectivity index is 1.15. The van der Waals surface area contributed by atoms with Crippen molar-refractivity contribution >= 4 is 51.2 Å². The maximum Gasteiger partial charge on any atom is 0.210 e. The zero-order valence-electron chi connectivity index (χ0n) is 39.2. The van der Waals surface area contributed by atoms with Crippen molar-refractivity contribution in [3.05, 3.63) is 216 Å². The van der Waals surface area contributed by atoms with Crippen molar-refractivity contribution < 1.29 is 14.0 Å². The molecular formula is C59H62N5O2+. The molecule has 2 heterocycles. The molecule has 0 aromatic heterocycles. The molecule has 7 heteroatoms. The maximum atomic E-state index is 5.71. The van der Waals surface area contributed by atoms with Gasteiger partial charge in [-0.25, -0.2) is 0 Å². The lowest BCUT2D eigenvalue weighted by atomic mass is 9.81. The van der Waals surface area contributed by atoms with Crippen molar-refractivity contribution in [1.29, 1.82) is 0 Å². The second kappa shape index (κ2) is 19.3. The molecule has 2 aliphatic heterocycles. The third kappa shape index (κ3) is 8.89. The van der Waals surface area contributed by atoms with Gasteiger partial charge in [0.1, 0.15) is 6.61 Å². The highest BCUT2D eigenvalue weighted by molar-refractivity contribution is 6.03. The number of fused-ring (bicyclic) bond motifs is 2. The average Bonchev–Trinajstić information content (AvgIpc) is 3.90. The number of methoxy groups -OCH3 is 2. The molecule has 0 amide bonds. The van der Waals surface area contributed by atoms with Crippen LogP contribution in [0.2, 0.25) is 0 Å². The molecule has 0 bridgehead atoms. The lowest BCUT2D eigenvalue weighted by Gasteiger charge is -2.29. The van der Waals surface area contributed by atoms with Crippen LogP contribution in [0.25, 0.3) is 0 Å². The molecule has 334 valence electrons. The molecule has 0 saturated heterocycles. The quantitative estimate of drug-likeness (QED) is 0.0945. The second-order valence-electron chi connectivity index (χ2n) is 18.3. The minimum absolute atomic E-state index is 0.264. The van der Waals surface area contributed by atoms with Crippen LogP contribution in [0.5, 0.6) is 0 Å². The first kappa shape index (κ1) is 44.3. The SMILES string of the molecule is COCCN1/C(=C\C=C2/CCC(/C=C/C3=[N+](CCOC)c4ccc(Nc5ccccc5)cc4C3(C)C)=C2N(c2ccccc2)c2ccccc2)C(C)(C)c2cc(Nc3ccccc3)ccc21. The van der Waals surface area contributed by atoms with Crippen molar-refractivity contribution in [3.63, 3.8) is 0 Å². The van der Waals surface area contributed by atoms with E-state index in [-0.39, 0.29) is 10.8 Å². The normalized spacial score (nSPS) is 17.3. The van der Waals surface area contributed by atoms with E-state index >= 15 is 0 Å². The maximum absolute atomic E-state index is 5.71. The highest BCUT2D eigenvalue weighted by atomic mass is 16.5. The van der Waals surface area contributed by atoms with Gasteiger partial charge >= 0.3 is 0 Å². The Kier molecular flexibility index (Phi) is 12.9. The summed E-state index contributed by atoms with van der Waals surface area (Å²) in [4.78, 5) is 4.92. The van der Waals surface area contributed by atoms with Gasteiger partial charge in [0.15, 0.2) is 12.3 Å². The van der Waals surface area contributed by atoms with Crippen molar-refractivity contribution in [2.45, 2.75) is 51.4 Å².